The number of hydrogen-bond donors (Lipinski definition) is 0. The molecule has 0 amide bonds. The highest BCUT2D eigenvalue weighted by Crippen LogP contribution is 2.35. The molecular weight excluding hydrogens is 330 g/mol. The van der Waals surface area contributed by atoms with Gasteiger partial charge in [-0.15, -0.1) is 10.2 Å². The van der Waals surface area contributed by atoms with Crippen LogP contribution in [0.1, 0.15) is 37.4 Å². The average molecular weight is 353 g/mol. The van der Waals surface area contributed by atoms with Crippen molar-refractivity contribution in [2.45, 2.75) is 32.7 Å². The third kappa shape index (κ3) is 2.94. The third-order valence-electron chi connectivity index (χ3n) is 4.66. The molecule has 0 atom stereocenters. The maximum atomic E-state index is 5.97. The SMILES string of the molecule is COc1cccc2c1OCCCN(c1cc(C(C)C)nn3cnnc13)C2. The first-order valence-electron chi connectivity index (χ1n) is 8.92. The number of fused-ring (bicyclic) bond motifs is 2. The van der Waals surface area contributed by atoms with Crippen LogP contribution in [0.5, 0.6) is 11.5 Å². The molecule has 0 N–H and O–H groups in total. The van der Waals surface area contributed by atoms with Gasteiger partial charge in [0, 0.05) is 18.7 Å². The third-order valence-corrected chi connectivity index (χ3v) is 4.66. The summed E-state index contributed by atoms with van der Waals surface area (Å²) in [7, 11) is 1.67. The lowest BCUT2D eigenvalue weighted by Crippen LogP contribution is -2.28. The number of benzene rings is 1. The Balaban J connectivity index is 1.80. The van der Waals surface area contributed by atoms with Crippen molar-refractivity contribution in [2.24, 2.45) is 0 Å². The van der Waals surface area contributed by atoms with Crippen LogP contribution in [0.4, 0.5) is 5.69 Å². The van der Waals surface area contributed by atoms with Gasteiger partial charge in [-0.3, -0.25) is 0 Å². The normalized spacial score (nSPS) is 14.7. The number of ether oxygens (including phenoxy) is 2. The fourth-order valence-electron chi connectivity index (χ4n) is 3.27. The predicted molar refractivity (Wildman–Crippen MR) is 99.0 cm³/mol. The zero-order valence-corrected chi connectivity index (χ0v) is 15.3. The molecule has 0 radical (unpaired) electrons. The summed E-state index contributed by atoms with van der Waals surface area (Å²) in [6, 6.07) is 8.16. The second-order valence-corrected chi connectivity index (χ2v) is 6.78. The van der Waals surface area contributed by atoms with E-state index in [2.05, 4.69) is 46.2 Å². The van der Waals surface area contributed by atoms with Crippen LogP contribution in [-0.4, -0.2) is 40.1 Å². The standard InChI is InChI=1S/C19H23N5O2/c1-13(2)15-10-16(19-21-20-12-24(19)22-15)23-8-5-9-26-18-14(11-23)6-4-7-17(18)25-3/h4,6-7,10,12-13H,5,8-9,11H2,1-3H3. The van der Waals surface area contributed by atoms with Crippen LogP contribution in [0.3, 0.4) is 0 Å². The monoisotopic (exact) mass is 353 g/mol. The summed E-state index contributed by atoms with van der Waals surface area (Å²) in [5.74, 6) is 1.93. The minimum Gasteiger partial charge on any atom is -0.493 e. The van der Waals surface area contributed by atoms with E-state index in [1.165, 1.54) is 0 Å². The van der Waals surface area contributed by atoms with E-state index in [9.17, 15) is 0 Å². The summed E-state index contributed by atoms with van der Waals surface area (Å²) in [4.78, 5) is 2.33. The molecule has 7 nitrogen and oxygen atoms in total. The molecule has 1 aromatic carbocycles. The topological polar surface area (TPSA) is 64.8 Å². The Bertz CT molecular complexity index is 921. The van der Waals surface area contributed by atoms with Gasteiger partial charge < -0.3 is 14.4 Å². The van der Waals surface area contributed by atoms with Crippen molar-refractivity contribution in [3.8, 4) is 11.5 Å². The zero-order chi connectivity index (χ0) is 18.1. The van der Waals surface area contributed by atoms with Crippen molar-refractivity contribution in [1.29, 1.82) is 0 Å². The minimum atomic E-state index is 0.325. The van der Waals surface area contributed by atoms with E-state index in [1.807, 2.05) is 12.1 Å². The van der Waals surface area contributed by atoms with Gasteiger partial charge in [0.1, 0.15) is 6.33 Å². The Labute approximate surface area is 152 Å². The quantitative estimate of drug-likeness (QED) is 0.721. The first kappa shape index (κ1) is 16.6. The number of methoxy groups -OCH3 is 1. The van der Waals surface area contributed by atoms with Crippen LogP contribution in [0.2, 0.25) is 0 Å². The molecule has 136 valence electrons. The highest BCUT2D eigenvalue weighted by atomic mass is 16.5. The summed E-state index contributed by atoms with van der Waals surface area (Å²) >= 11 is 0. The van der Waals surface area contributed by atoms with Crippen LogP contribution < -0.4 is 14.4 Å². The van der Waals surface area contributed by atoms with Gasteiger partial charge in [-0.2, -0.15) is 9.61 Å². The van der Waals surface area contributed by atoms with Crippen LogP contribution in [0.25, 0.3) is 5.65 Å². The molecule has 0 fully saturated rings. The molecule has 26 heavy (non-hydrogen) atoms. The molecule has 0 aliphatic carbocycles. The van der Waals surface area contributed by atoms with E-state index in [0.29, 0.717) is 12.5 Å². The van der Waals surface area contributed by atoms with E-state index >= 15 is 0 Å². The summed E-state index contributed by atoms with van der Waals surface area (Å²) < 4.78 is 13.2. The van der Waals surface area contributed by atoms with Crippen molar-refractivity contribution in [3.05, 3.63) is 41.9 Å². The second-order valence-electron chi connectivity index (χ2n) is 6.78. The molecule has 2 aromatic heterocycles. The van der Waals surface area contributed by atoms with E-state index in [4.69, 9.17) is 9.47 Å². The van der Waals surface area contributed by atoms with Crippen LogP contribution in [-0.2, 0) is 6.54 Å². The molecule has 0 unspecified atom stereocenters. The minimum absolute atomic E-state index is 0.325. The van der Waals surface area contributed by atoms with E-state index in [1.54, 1.807) is 18.0 Å². The number of rotatable bonds is 3. The maximum absolute atomic E-state index is 5.97. The number of aromatic nitrogens is 4. The van der Waals surface area contributed by atoms with Gasteiger partial charge in [0.15, 0.2) is 11.5 Å². The van der Waals surface area contributed by atoms with Gasteiger partial charge in [0.05, 0.1) is 25.1 Å². The highest BCUT2D eigenvalue weighted by molar-refractivity contribution is 5.69. The molecule has 0 spiro atoms. The van der Waals surface area contributed by atoms with Crippen LogP contribution >= 0.6 is 0 Å². The number of hydrogen-bond acceptors (Lipinski definition) is 6. The molecule has 0 saturated heterocycles. The van der Waals surface area contributed by atoms with Crippen molar-refractivity contribution < 1.29 is 9.47 Å². The molecule has 0 bridgehead atoms. The maximum Gasteiger partial charge on any atom is 0.200 e. The molecular formula is C19H23N5O2. The summed E-state index contributed by atoms with van der Waals surface area (Å²) in [6.45, 7) is 6.53. The highest BCUT2D eigenvalue weighted by Gasteiger charge is 2.21. The van der Waals surface area contributed by atoms with Gasteiger partial charge >= 0.3 is 0 Å². The van der Waals surface area contributed by atoms with Gasteiger partial charge in [0.25, 0.3) is 0 Å². The molecule has 3 heterocycles. The Morgan fingerprint density at radius 2 is 2.15 bits per heavy atom. The fourth-order valence-corrected chi connectivity index (χ4v) is 3.27. The smallest absolute Gasteiger partial charge is 0.200 e. The van der Waals surface area contributed by atoms with Crippen molar-refractivity contribution >= 4 is 11.3 Å². The molecule has 0 saturated carbocycles. The molecule has 4 rings (SSSR count). The summed E-state index contributed by atoms with van der Waals surface area (Å²) in [5.41, 5.74) is 3.96. The molecule has 1 aliphatic heterocycles. The summed E-state index contributed by atoms with van der Waals surface area (Å²) in [6.07, 6.45) is 2.58. The first-order valence-corrected chi connectivity index (χ1v) is 8.92. The lowest BCUT2D eigenvalue weighted by molar-refractivity contribution is 0.281. The Morgan fingerprint density at radius 1 is 1.27 bits per heavy atom. The lowest BCUT2D eigenvalue weighted by Gasteiger charge is -2.29. The van der Waals surface area contributed by atoms with E-state index in [-0.39, 0.29) is 0 Å². The average Bonchev–Trinajstić information content (AvgIpc) is 3.09. The van der Waals surface area contributed by atoms with Gasteiger partial charge in [0.2, 0.25) is 5.65 Å². The molecule has 7 heteroatoms. The summed E-state index contributed by atoms with van der Waals surface area (Å²) in [5, 5.41) is 13.0. The number of nitrogens with zero attached hydrogens (tertiary/aromatic N) is 5. The van der Waals surface area contributed by atoms with Crippen LogP contribution in [0.15, 0.2) is 30.6 Å². The van der Waals surface area contributed by atoms with Gasteiger partial charge in [-0.25, -0.2) is 0 Å². The predicted octanol–water partition coefficient (Wildman–Crippen LogP) is 3.05. The fraction of sp³-hybridized carbons (Fsp3) is 0.421. The lowest BCUT2D eigenvalue weighted by atomic mass is 10.1. The van der Waals surface area contributed by atoms with Crippen LogP contribution in [0, 0.1) is 0 Å². The largest absolute Gasteiger partial charge is 0.493 e. The van der Waals surface area contributed by atoms with Crippen molar-refractivity contribution in [1.82, 2.24) is 19.8 Å². The van der Waals surface area contributed by atoms with Crippen molar-refractivity contribution in [2.75, 3.05) is 25.2 Å². The van der Waals surface area contributed by atoms with E-state index in [0.717, 1.165) is 53.6 Å². The van der Waals surface area contributed by atoms with E-state index < -0.39 is 0 Å². The number of anilines is 1. The van der Waals surface area contributed by atoms with Gasteiger partial charge in [-0.1, -0.05) is 26.0 Å². The number of para-hydroxylation sites is 1. The molecule has 1 aliphatic rings. The Kier molecular flexibility index (Phi) is 4.36. The molecule has 3 aromatic rings. The first-order chi connectivity index (χ1) is 12.7. The van der Waals surface area contributed by atoms with Crippen molar-refractivity contribution in [3.63, 3.8) is 0 Å². The Morgan fingerprint density at radius 3 is 2.96 bits per heavy atom. The van der Waals surface area contributed by atoms with Gasteiger partial charge in [-0.05, 0) is 24.5 Å². The Hall–Kier alpha value is -2.83. The zero-order valence-electron chi connectivity index (χ0n) is 15.3. The second kappa shape index (κ2) is 6.82.